The number of hydrogen-bond donors (Lipinski definition) is 2. The van der Waals surface area contributed by atoms with Crippen molar-refractivity contribution in [1.29, 1.82) is 0 Å². The van der Waals surface area contributed by atoms with Crippen LogP contribution in [0.2, 0.25) is 0 Å². The molecule has 0 bridgehead atoms. The molecule has 0 saturated heterocycles. The van der Waals surface area contributed by atoms with Crippen LogP contribution in [-0.4, -0.2) is 11.7 Å². The molecule has 3 N–H and O–H groups in total. The van der Waals surface area contributed by atoms with Gasteiger partial charge in [0.15, 0.2) is 0 Å². The van der Waals surface area contributed by atoms with Crippen molar-refractivity contribution in [3.63, 3.8) is 0 Å². The minimum Gasteiger partial charge on any atom is -0.508 e. The molecule has 0 aliphatic carbocycles. The van der Waals surface area contributed by atoms with Crippen LogP contribution < -0.4 is 10.5 Å². The van der Waals surface area contributed by atoms with Crippen LogP contribution in [0.5, 0.6) is 11.5 Å². The second-order valence-corrected chi connectivity index (χ2v) is 4.10. The molecule has 2 rings (SSSR count). The predicted molar refractivity (Wildman–Crippen MR) is 74.8 cm³/mol. The van der Waals surface area contributed by atoms with Gasteiger partial charge in [0, 0.05) is 6.07 Å². The Kier molecular flexibility index (Phi) is 4.59. The van der Waals surface area contributed by atoms with Gasteiger partial charge in [-0.25, -0.2) is 4.39 Å². The Balaban J connectivity index is 2.15. The Labute approximate surface area is 116 Å². The standard InChI is InChI=1S/C16H14FNO2/c17-14-6-5-13(2-1-9-18)16(10-14)20-11-12-3-7-15(19)8-4-12/h3-8,10,19H,9,11,18H2. The molecule has 102 valence electrons. The lowest BCUT2D eigenvalue weighted by molar-refractivity contribution is 0.303. The lowest BCUT2D eigenvalue weighted by Crippen LogP contribution is -1.98. The summed E-state index contributed by atoms with van der Waals surface area (Å²) < 4.78 is 18.8. The minimum atomic E-state index is -0.385. The van der Waals surface area contributed by atoms with Crippen LogP contribution >= 0.6 is 0 Å². The van der Waals surface area contributed by atoms with Crippen molar-refractivity contribution in [2.45, 2.75) is 6.61 Å². The van der Waals surface area contributed by atoms with E-state index in [0.29, 0.717) is 11.3 Å². The number of nitrogens with two attached hydrogens (primary N) is 1. The van der Waals surface area contributed by atoms with Gasteiger partial charge in [-0.05, 0) is 29.8 Å². The van der Waals surface area contributed by atoms with Gasteiger partial charge in [-0.15, -0.1) is 0 Å². The van der Waals surface area contributed by atoms with E-state index in [0.717, 1.165) is 5.56 Å². The Bertz CT molecular complexity index is 642. The maximum Gasteiger partial charge on any atom is 0.138 e. The largest absolute Gasteiger partial charge is 0.508 e. The Morgan fingerprint density at radius 2 is 1.90 bits per heavy atom. The van der Waals surface area contributed by atoms with Crippen LogP contribution in [0.25, 0.3) is 0 Å². The van der Waals surface area contributed by atoms with Crippen molar-refractivity contribution in [2.75, 3.05) is 6.54 Å². The molecule has 0 aliphatic heterocycles. The lowest BCUT2D eigenvalue weighted by Gasteiger charge is -2.08. The summed E-state index contributed by atoms with van der Waals surface area (Å²) >= 11 is 0. The number of phenols is 1. The van der Waals surface area contributed by atoms with Gasteiger partial charge in [0.1, 0.15) is 23.9 Å². The third-order valence-electron chi connectivity index (χ3n) is 2.60. The fourth-order valence-electron chi connectivity index (χ4n) is 1.62. The topological polar surface area (TPSA) is 55.5 Å². The molecule has 3 nitrogen and oxygen atoms in total. The first-order valence-corrected chi connectivity index (χ1v) is 6.08. The highest BCUT2D eigenvalue weighted by atomic mass is 19.1. The molecule has 2 aromatic carbocycles. The van der Waals surface area contributed by atoms with Gasteiger partial charge in [-0.1, -0.05) is 24.0 Å². The summed E-state index contributed by atoms with van der Waals surface area (Å²) in [5.74, 6) is 5.73. The van der Waals surface area contributed by atoms with E-state index in [-0.39, 0.29) is 24.7 Å². The van der Waals surface area contributed by atoms with E-state index in [1.807, 2.05) is 0 Å². The van der Waals surface area contributed by atoms with Gasteiger partial charge >= 0.3 is 0 Å². The number of phenolic OH excluding ortho intramolecular Hbond substituents is 1. The smallest absolute Gasteiger partial charge is 0.138 e. The van der Waals surface area contributed by atoms with Crippen molar-refractivity contribution < 1.29 is 14.2 Å². The first-order chi connectivity index (χ1) is 9.69. The van der Waals surface area contributed by atoms with Crippen molar-refractivity contribution >= 4 is 0 Å². The lowest BCUT2D eigenvalue weighted by atomic mass is 10.2. The summed E-state index contributed by atoms with van der Waals surface area (Å²) in [6.07, 6.45) is 0. The normalized spacial score (nSPS) is 9.70. The number of rotatable bonds is 3. The van der Waals surface area contributed by atoms with E-state index in [2.05, 4.69) is 11.8 Å². The molecule has 0 spiro atoms. The zero-order valence-electron chi connectivity index (χ0n) is 10.8. The molecule has 2 aromatic rings. The van der Waals surface area contributed by atoms with Gasteiger partial charge < -0.3 is 15.6 Å². The van der Waals surface area contributed by atoms with Gasteiger partial charge in [0.25, 0.3) is 0 Å². The molecule has 0 radical (unpaired) electrons. The number of ether oxygens (including phenoxy) is 1. The summed E-state index contributed by atoms with van der Waals surface area (Å²) in [6.45, 7) is 0.496. The average Bonchev–Trinajstić information content (AvgIpc) is 2.46. The highest BCUT2D eigenvalue weighted by molar-refractivity contribution is 5.46. The van der Waals surface area contributed by atoms with E-state index in [4.69, 9.17) is 10.5 Å². The number of hydrogen-bond acceptors (Lipinski definition) is 3. The minimum absolute atomic E-state index is 0.189. The van der Waals surface area contributed by atoms with Crippen LogP contribution in [0.4, 0.5) is 4.39 Å². The Morgan fingerprint density at radius 1 is 1.15 bits per heavy atom. The zero-order chi connectivity index (χ0) is 14.4. The van der Waals surface area contributed by atoms with Gasteiger partial charge in [-0.2, -0.15) is 0 Å². The van der Waals surface area contributed by atoms with Crippen molar-refractivity contribution in [2.24, 2.45) is 5.73 Å². The molecule has 0 fully saturated rings. The van der Waals surface area contributed by atoms with Gasteiger partial charge in [-0.3, -0.25) is 0 Å². The van der Waals surface area contributed by atoms with Crippen LogP contribution in [0.15, 0.2) is 42.5 Å². The summed E-state index contributed by atoms with van der Waals surface area (Å²) in [5, 5.41) is 9.20. The van der Waals surface area contributed by atoms with Crippen LogP contribution in [-0.2, 0) is 6.61 Å². The third-order valence-corrected chi connectivity index (χ3v) is 2.60. The number of benzene rings is 2. The first-order valence-electron chi connectivity index (χ1n) is 6.08. The summed E-state index contributed by atoms with van der Waals surface area (Å²) in [6, 6.07) is 10.8. The molecule has 0 aliphatic rings. The second kappa shape index (κ2) is 6.60. The summed E-state index contributed by atoms with van der Waals surface area (Å²) in [5.41, 5.74) is 6.78. The number of aromatic hydroxyl groups is 1. The van der Waals surface area contributed by atoms with Gasteiger partial charge in [0.05, 0.1) is 12.1 Å². The molecule has 0 atom stereocenters. The zero-order valence-corrected chi connectivity index (χ0v) is 10.8. The fourth-order valence-corrected chi connectivity index (χ4v) is 1.62. The average molecular weight is 271 g/mol. The molecule has 0 heterocycles. The summed E-state index contributed by atoms with van der Waals surface area (Å²) in [4.78, 5) is 0. The molecule has 20 heavy (non-hydrogen) atoms. The molecule has 0 saturated carbocycles. The molecule has 0 amide bonds. The predicted octanol–water partition coefficient (Wildman–Crippen LogP) is 2.42. The van der Waals surface area contributed by atoms with Gasteiger partial charge in [0.2, 0.25) is 0 Å². The Morgan fingerprint density at radius 3 is 2.60 bits per heavy atom. The van der Waals surface area contributed by atoms with Crippen molar-refractivity contribution in [3.8, 4) is 23.3 Å². The third kappa shape index (κ3) is 3.74. The SMILES string of the molecule is NCC#Cc1ccc(F)cc1OCc1ccc(O)cc1. The maximum atomic E-state index is 13.3. The van der Waals surface area contributed by atoms with Crippen molar-refractivity contribution in [3.05, 3.63) is 59.4 Å². The van der Waals surface area contributed by atoms with Crippen LogP contribution in [0.3, 0.4) is 0 Å². The monoisotopic (exact) mass is 271 g/mol. The molecule has 0 unspecified atom stereocenters. The fraction of sp³-hybridized carbons (Fsp3) is 0.125. The molecular weight excluding hydrogens is 257 g/mol. The molecular formula is C16H14FNO2. The summed E-state index contributed by atoms with van der Waals surface area (Å²) in [7, 11) is 0. The van der Waals surface area contributed by atoms with Crippen LogP contribution in [0, 0.1) is 17.7 Å². The number of halogens is 1. The van der Waals surface area contributed by atoms with E-state index < -0.39 is 0 Å². The Hall–Kier alpha value is -2.51. The quantitative estimate of drug-likeness (QED) is 0.843. The maximum absolute atomic E-state index is 13.3. The second-order valence-electron chi connectivity index (χ2n) is 4.10. The van der Waals surface area contributed by atoms with Crippen LogP contribution in [0.1, 0.15) is 11.1 Å². The van der Waals surface area contributed by atoms with E-state index in [1.54, 1.807) is 30.3 Å². The van der Waals surface area contributed by atoms with E-state index in [9.17, 15) is 9.50 Å². The molecule has 4 heteroatoms. The van der Waals surface area contributed by atoms with E-state index >= 15 is 0 Å². The van der Waals surface area contributed by atoms with Crippen molar-refractivity contribution in [1.82, 2.24) is 0 Å². The highest BCUT2D eigenvalue weighted by Gasteiger charge is 2.04. The highest BCUT2D eigenvalue weighted by Crippen LogP contribution is 2.21. The van der Waals surface area contributed by atoms with E-state index in [1.165, 1.54) is 12.1 Å². The first kappa shape index (κ1) is 13.9. The molecule has 0 aromatic heterocycles.